The van der Waals surface area contributed by atoms with Gasteiger partial charge < -0.3 is 10.5 Å². The molecule has 0 amide bonds. The number of ether oxygens (including phenoxy) is 1. The van der Waals surface area contributed by atoms with E-state index in [1.165, 1.54) is 12.4 Å². The minimum absolute atomic E-state index is 0.264. The Bertz CT molecular complexity index is 436. The largest absolute Gasteiger partial charge is 0.421 e. The van der Waals surface area contributed by atoms with Gasteiger partial charge in [-0.25, -0.2) is 9.97 Å². The molecule has 6 nitrogen and oxygen atoms in total. The number of nitrogens with two attached hydrogens (primary N) is 1. The molecule has 2 heterocycles. The average Bonchev–Trinajstić information content (AvgIpc) is 2.69. The van der Waals surface area contributed by atoms with Crippen molar-refractivity contribution >= 4 is 5.69 Å². The first-order chi connectivity index (χ1) is 7.28. The quantitative estimate of drug-likeness (QED) is 0.810. The Labute approximate surface area is 86.7 Å². The molecule has 0 fully saturated rings. The second-order valence-corrected chi connectivity index (χ2v) is 2.93. The van der Waals surface area contributed by atoms with E-state index in [4.69, 9.17) is 10.5 Å². The maximum atomic E-state index is 5.45. The van der Waals surface area contributed by atoms with Crippen LogP contribution in [0.2, 0.25) is 0 Å². The highest BCUT2D eigenvalue weighted by atomic mass is 16.5. The predicted octanol–water partition coefficient (Wildman–Crippen LogP) is 1.07. The van der Waals surface area contributed by atoms with Crippen LogP contribution in [0.5, 0.6) is 11.8 Å². The third kappa shape index (κ3) is 2.22. The van der Waals surface area contributed by atoms with Gasteiger partial charge in [0.15, 0.2) is 5.75 Å². The lowest BCUT2D eigenvalue weighted by Gasteiger charge is -1.99. The summed E-state index contributed by atoms with van der Waals surface area (Å²) in [6.07, 6.45) is 6.38. The Morgan fingerprint density at radius 1 is 1.33 bits per heavy atom. The number of nitrogen functional groups attached to an aromatic ring is 1. The van der Waals surface area contributed by atoms with Gasteiger partial charge in [0, 0.05) is 6.54 Å². The number of aryl methyl sites for hydroxylation is 1. The Kier molecular flexibility index (Phi) is 2.49. The maximum absolute atomic E-state index is 5.45. The minimum Gasteiger partial charge on any atom is -0.421 e. The summed E-state index contributed by atoms with van der Waals surface area (Å²) in [5.74, 6) is 0.613. The van der Waals surface area contributed by atoms with Gasteiger partial charge in [0.2, 0.25) is 0 Å². The molecule has 6 heteroatoms. The number of nitrogens with zero attached hydrogens (tertiary/aromatic N) is 4. The van der Waals surface area contributed by atoms with Gasteiger partial charge in [-0.2, -0.15) is 5.10 Å². The van der Waals surface area contributed by atoms with Crippen LogP contribution in [0.15, 0.2) is 24.8 Å². The summed E-state index contributed by atoms with van der Waals surface area (Å²) in [6, 6.07) is 0.264. The first kappa shape index (κ1) is 9.45. The second-order valence-electron chi connectivity index (χ2n) is 2.93. The monoisotopic (exact) mass is 205 g/mol. The van der Waals surface area contributed by atoms with Gasteiger partial charge in [-0.3, -0.25) is 4.68 Å². The number of hydrogen-bond acceptors (Lipinski definition) is 5. The molecule has 0 aliphatic rings. The van der Waals surface area contributed by atoms with Crippen LogP contribution in [-0.2, 0) is 6.54 Å². The van der Waals surface area contributed by atoms with Crippen molar-refractivity contribution in [1.29, 1.82) is 0 Å². The van der Waals surface area contributed by atoms with Crippen LogP contribution in [0, 0.1) is 0 Å². The van der Waals surface area contributed by atoms with Crippen LogP contribution in [0.1, 0.15) is 6.92 Å². The van der Waals surface area contributed by atoms with E-state index in [2.05, 4.69) is 15.1 Å². The molecule has 78 valence electrons. The van der Waals surface area contributed by atoms with E-state index in [1.807, 2.05) is 6.92 Å². The molecule has 0 saturated carbocycles. The van der Waals surface area contributed by atoms with Gasteiger partial charge in [0.05, 0.1) is 30.5 Å². The molecule has 0 bridgehead atoms. The highest BCUT2D eigenvalue weighted by Gasteiger charge is 2.02. The molecule has 0 aromatic carbocycles. The second kappa shape index (κ2) is 3.95. The lowest BCUT2D eigenvalue weighted by Crippen LogP contribution is -1.94. The molecule has 2 aromatic rings. The van der Waals surface area contributed by atoms with E-state index in [0.29, 0.717) is 11.4 Å². The zero-order valence-electron chi connectivity index (χ0n) is 8.29. The third-order valence-electron chi connectivity index (χ3n) is 1.79. The van der Waals surface area contributed by atoms with Crippen molar-refractivity contribution < 1.29 is 4.74 Å². The van der Waals surface area contributed by atoms with Crippen molar-refractivity contribution in [2.75, 3.05) is 5.73 Å². The zero-order chi connectivity index (χ0) is 10.7. The van der Waals surface area contributed by atoms with Crippen LogP contribution in [0.25, 0.3) is 0 Å². The lowest BCUT2D eigenvalue weighted by atomic mass is 10.6. The fourth-order valence-electron chi connectivity index (χ4n) is 1.05. The number of aromatic nitrogens is 4. The van der Waals surface area contributed by atoms with Crippen molar-refractivity contribution in [1.82, 2.24) is 19.7 Å². The topological polar surface area (TPSA) is 78.9 Å². The molecule has 0 aliphatic carbocycles. The van der Waals surface area contributed by atoms with Crippen LogP contribution in [0.3, 0.4) is 0 Å². The molecule has 0 spiro atoms. The highest BCUT2D eigenvalue weighted by molar-refractivity contribution is 5.31. The molecular formula is C9H11N5O. The lowest BCUT2D eigenvalue weighted by molar-refractivity contribution is 0.441. The van der Waals surface area contributed by atoms with Crippen LogP contribution >= 0.6 is 0 Å². The minimum atomic E-state index is 0.264. The maximum Gasteiger partial charge on any atom is 0.322 e. The molecule has 0 unspecified atom stereocenters. The molecular weight excluding hydrogens is 194 g/mol. The van der Waals surface area contributed by atoms with Gasteiger partial charge in [0.25, 0.3) is 0 Å². The fourth-order valence-corrected chi connectivity index (χ4v) is 1.05. The van der Waals surface area contributed by atoms with E-state index in [0.717, 1.165) is 6.54 Å². The molecule has 0 aliphatic heterocycles. The number of anilines is 1. The molecule has 0 radical (unpaired) electrons. The highest BCUT2D eigenvalue weighted by Crippen LogP contribution is 2.16. The fraction of sp³-hybridized carbons (Fsp3) is 0.222. The van der Waals surface area contributed by atoms with Crippen molar-refractivity contribution in [2.24, 2.45) is 0 Å². The summed E-state index contributed by atoms with van der Waals surface area (Å²) >= 11 is 0. The summed E-state index contributed by atoms with van der Waals surface area (Å²) in [7, 11) is 0. The molecule has 0 saturated heterocycles. The van der Waals surface area contributed by atoms with Gasteiger partial charge in [-0.05, 0) is 6.92 Å². The number of hydrogen-bond donors (Lipinski definition) is 1. The molecule has 15 heavy (non-hydrogen) atoms. The Morgan fingerprint density at radius 3 is 2.67 bits per heavy atom. The Morgan fingerprint density at radius 2 is 2.07 bits per heavy atom. The zero-order valence-corrected chi connectivity index (χ0v) is 8.29. The van der Waals surface area contributed by atoms with Crippen molar-refractivity contribution in [3.63, 3.8) is 0 Å². The van der Waals surface area contributed by atoms with E-state index in [9.17, 15) is 0 Å². The summed E-state index contributed by atoms with van der Waals surface area (Å²) in [4.78, 5) is 7.83. The average molecular weight is 205 g/mol. The van der Waals surface area contributed by atoms with Gasteiger partial charge >= 0.3 is 6.01 Å². The summed E-state index contributed by atoms with van der Waals surface area (Å²) in [5, 5.41) is 4.06. The molecule has 2 rings (SSSR count). The van der Waals surface area contributed by atoms with E-state index in [-0.39, 0.29) is 6.01 Å². The summed E-state index contributed by atoms with van der Waals surface area (Å²) < 4.78 is 7.11. The third-order valence-corrected chi connectivity index (χ3v) is 1.79. The van der Waals surface area contributed by atoms with Gasteiger partial charge in [-0.15, -0.1) is 0 Å². The van der Waals surface area contributed by atoms with E-state index >= 15 is 0 Å². The van der Waals surface area contributed by atoms with Gasteiger partial charge in [-0.1, -0.05) is 0 Å². The van der Waals surface area contributed by atoms with Crippen molar-refractivity contribution in [2.45, 2.75) is 13.5 Å². The first-order valence-electron chi connectivity index (χ1n) is 4.55. The van der Waals surface area contributed by atoms with Crippen LogP contribution < -0.4 is 10.5 Å². The van der Waals surface area contributed by atoms with Crippen LogP contribution in [-0.4, -0.2) is 19.7 Å². The molecule has 2 N–H and O–H groups in total. The van der Waals surface area contributed by atoms with Gasteiger partial charge in [0.1, 0.15) is 0 Å². The molecule has 0 atom stereocenters. The van der Waals surface area contributed by atoms with Crippen molar-refractivity contribution in [3.8, 4) is 11.8 Å². The standard InChI is InChI=1S/C9H11N5O/c1-2-14-6-8(5-13-14)15-9-11-3-7(10)4-12-9/h3-6H,2,10H2,1H3. The normalized spacial score (nSPS) is 10.2. The predicted molar refractivity (Wildman–Crippen MR) is 54.4 cm³/mol. The Hall–Kier alpha value is -2.11. The summed E-state index contributed by atoms with van der Waals surface area (Å²) in [5.41, 5.74) is 5.95. The molecule has 2 aromatic heterocycles. The summed E-state index contributed by atoms with van der Waals surface area (Å²) in [6.45, 7) is 2.79. The number of rotatable bonds is 3. The SMILES string of the molecule is CCn1cc(Oc2ncc(N)cn2)cn1. The van der Waals surface area contributed by atoms with Crippen molar-refractivity contribution in [3.05, 3.63) is 24.8 Å². The van der Waals surface area contributed by atoms with Crippen LogP contribution in [0.4, 0.5) is 5.69 Å². The van der Waals surface area contributed by atoms with E-state index < -0.39 is 0 Å². The Balaban J connectivity index is 2.11. The first-order valence-corrected chi connectivity index (χ1v) is 4.55. The smallest absolute Gasteiger partial charge is 0.322 e. The van der Waals surface area contributed by atoms with E-state index in [1.54, 1.807) is 17.1 Å².